The molecule has 42 heavy (non-hydrogen) atoms. The SMILES string of the molecule is Nc1ncnc2c1c(-c1ccc3c(ccn3Cc3ccccc3F)c1)nn2[C@H]1CC[C@H](N2CCN(CCO)CC2)CC1. The van der Waals surface area contributed by atoms with Crippen LogP contribution in [0, 0.1) is 5.82 Å². The Hall–Kier alpha value is -3.86. The van der Waals surface area contributed by atoms with Crippen LogP contribution in [0.4, 0.5) is 10.2 Å². The van der Waals surface area contributed by atoms with Crippen molar-refractivity contribution in [3.63, 3.8) is 0 Å². The molecule has 3 N–H and O–H groups in total. The van der Waals surface area contributed by atoms with Gasteiger partial charge in [-0.25, -0.2) is 19.0 Å². The van der Waals surface area contributed by atoms with Gasteiger partial charge in [-0.1, -0.05) is 24.3 Å². The first-order chi connectivity index (χ1) is 20.6. The summed E-state index contributed by atoms with van der Waals surface area (Å²) < 4.78 is 18.5. The zero-order valence-corrected chi connectivity index (χ0v) is 23.7. The molecule has 9 nitrogen and oxygen atoms in total. The molecular weight excluding hydrogens is 531 g/mol. The third-order valence-corrected chi connectivity index (χ3v) is 9.21. The number of halogens is 1. The van der Waals surface area contributed by atoms with E-state index >= 15 is 0 Å². The minimum Gasteiger partial charge on any atom is -0.395 e. The fourth-order valence-electron chi connectivity index (χ4n) is 6.91. The molecule has 1 saturated heterocycles. The zero-order chi connectivity index (χ0) is 28.6. The number of benzene rings is 2. The van der Waals surface area contributed by atoms with Crippen molar-refractivity contribution >= 4 is 27.8 Å². The number of aromatic nitrogens is 5. The summed E-state index contributed by atoms with van der Waals surface area (Å²) in [6.45, 7) is 5.66. The summed E-state index contributed by atoms with van der Waals surface area (Å²) in [5, 5.41) is 16.2. The highest BCUT2D eigenvalue weighted by Crippen LogP contribution is 2.38. The molecular formula is C32H37FN8O. The lowest BCUT2D eigenvalue weighted by atomic mass is 9.90. The minimum absolute atomic E-state index is 0.196. The molecule has 2 fully saturated rings. The van der Waals surface area contributed by atoms with E-state index < -0.39 is 0 Å². The highest BCUT2D eigenvalue weighted by atomic mass is 19.1. The molecule has 3 aromatic heterocycles. The monoisotopic (exact) mass is 568 g/mol. The number of anilines is 1. The lowest BCUT2D eigenvalue weighted by Crippen LogP contribution is -2.51. The summed E-state index contributed by atoms with van der Waals surface area (Å²) in [6, 6.07) is 16.1. The molecule has 7 rings (SSSR count). The second-order valence-corrected chi connectivity index (χ2v) is 11.6. The predicted octanol–water partition coefficient (Wildman–Crippen LogP) is 4.31. The van der Waals surface area contributed by atoms with Crippen LogP contribution < -0.4 is 5.73 Å². The van der Waals surface area contributed by atoms with E-state index in [0.29, 0.717) is 24.0 Å². The maximum atomic E-state index is 14.3. The molecule has 0 unspecified atom stereocenters. The van der Waals surface area contributed by atoms with Crippen LogP contribution in [0.3, 0.4) is 0 Å². The number of hydrogen-bond donors (Lipinski definition) is 2. The molecule has 0 atom stereocenters. The Balaban J connectivity index is 1.13. The average molecular weight is 569 g/mol. The second-order valence-electron chi connectivity index (χ2n) is 11.6. The topological polar surface area (TPSA) is 101 Å². The van der Waals surface area contributed by atoms with Crippen LogP contribution in [0.25, 0.3) is 33.2 Å². The van der Waals surface area contributed by atoms with Gasteiger partial charge in [-0.2, -0.15) is 5.10 Å². The van der Waals surface area contributed by atoms with Gasteiger partial charge < -0.3 is 15.4 Å². The van der Waals surface area contributed by atoms with Gasteiger partial charge in [0, 0.05) is 67.0 Å². The largest absolute Gasteiger partial charge is 0.395 e. The normalized spacial score (nSPS) is 20.5. The molecule has 10 heteroatoms. The van der Waals surface area contributed by atoms with Gasteiger partial charge >= 0.3 is 0 Å². The summed E-state index contributed by atoms with van der Waals surface area (Å²) in [5.41, 5.74) is 10.7. The van der Waals surface area contributed by atoms with E-state index in [9.17, 15) is 9.50 Å². The van der Waals surface area contributed by atoms with Gasteiger partial charge in [0.05, 0.1) is 24.6 Å². The maximum absolute atomic E-state index is 14.3. The summed E-state index contributed by atoms with van der Waals surface area (Å²) >= 11 is 0. The molecule has 2 aliphatic rings. The molecule has 1 saturated carbocycles. The summed E-state index contributed by atoms with van der Waals surface area (Å²) in [5.74, 6) is 0.242. The number of aliphatic hydroxyl groups excluding tert-OH is 1. The Morgan fingerprint density at radius 3 is 2.50 bits per heavy atom. The maximum Gasteiger partial charge on any atom is 0.164 e. The first kappa shape index (κ1) is 27.0. The highest BCUT2D eigenvalue weighted by Gasteiger charge is 2.31. The number of nitrogens with two attached hydrogens (primary N) is 1. The third-order valence-electron chi connectivity index (χ3n) is 9.21. The summed E-state index contributed by atoms with van der Waals surface area (Å²) in [7, 11) is 0. The standard InChI is InChI=1S/C32H37FN8O/c33-27-4-2-1-3-24(27)20-40-12-11-22-19-23(5-10-28(22)40)30-29-31(34)35-21-36-32(29)41(37-30)26-8-6-25(7-9-26)39-15-13-38(14-16-39)17-18-42/h1-5,10-12,19,21,25-26,42H,6-9,13-18,20H2,(H2,34,35,36)/t25-,26-. The van der Waals surface area contributed by atoms with Gasteiger partial charge in [-0.05, 0) is 49.9 Å². The number of nitrogen functional groups attached to an aromatic ring is 1. The van der Waals surface area contributed by atoms with Crippen LogP contribution in [-0.2, 0) is 6.54 Å². The predicted molar refractivity (Wildman–Crippen MR) is 163 cm³/mol. The molecule has 1 aliphatic carbocycles. The quantitative estimate of drug-likeness (QED) is 0.302. The number of nitrogens with zero attached hydrogens (tertiary/aromatic N) is 7. The van der Waals surface area contributed by atoms with Gasteiger partial charge in [-0.3, -0.25) is 9.80 Å². The van der Waals surface area contributed by atoms with Crippen molar-refractivity contribution in [2.24, 2.45) is 0 Å². The smallest absolute Gasteiger partial charge is 0.164 e. The second kappa shape index (κ2) is 11.4. The van der Waals surface area contributed by atoms with Crippen molar-refractivity contribution in [3.05, 3.63) is 72.4 Å². The van der Waals surface area contributed by atoms with Crippen molar-refractivity contribution in [1.29, 1.82) is 0 Å². The van der Waals surface area contributed by atoms with Crippen molar-refractivity contribution in [2.45, 2.75) is 44.3 Å². The Labute approximate surface area is 244 Å². The fraction of sp³-hybridized carbons (Fsp3) is 0.406. The van der Waals surface area contributed by atoms with E-state index in [-0.39, 0.29) is 18.5 Å². The van der Waals surface area contributed by atoms with Crippen LogP contribution in [0.5, 0.6) is 0 Å². The fourth-order valence-corrected chi connectivity index (χ4v) is 6.91. The molecule has 5 aromatic rings. The molecule has 4 heterocycles. The van der Waals surface area contributed by atoms with Crippen molar-refractivity contribution < 1.29 is 9.50 Å². The Bertz CT molecular complexity index is 1700. The van der Waals surface area contributed by atoms with E-state index in [1.54, 1.807) is 6.07 Å². The molecule has 218 valence electrons. The number of fused-ring (bicyclic) bond motifs is 2. The number of piperazine rings is 1. The highest BCUT2D eigenvalue weighted by molar-refractivity contribution is 6.00. The molecule has 0 spiro atoms. The molecule has 0 radical (unpaired) electrons. The molecule has 2 aromatic carbocycles. The van der Waals surface area contributed by atoms with E-state index in [1.165, 1.54) is 12.4 Å². The van der Waals surface area contributed by atoms with E-state index in [0.717, 1.165) is 91.6 Å². The van der Waals surface area contributed by atoms with Gasteiger partial charge in [0.15, 0.2) is 5.65 Å². The number of β-amino-alcohol motifs (C(OH)–C–C–N with tert-alkyl or cyclic N) is 1. The zero-order valence-electron chi connectivity index (χ0n) is 23.7. The Morgan fingerprint density at radius 2 is 1.71 bits per heavy atom. The summed E-state index contributed by atoms with van der Waals surface area (Å²) in [4.78, 5) is 13.9. The first-order valence-electron chi connectivity index (χ1n) is 15.0. The lowest BCUT2D eigenvalue weighted by molar-refractivity contribution is 0.0629. The van der Waals surface area contributed by atoms with Crippen molar-refractivity contribution in [3.8, 4) is 11.3 Å². The first-order valence-corrected chi connectivity index (χ1v) is 15.0. The van der Waals surface area contributed by atoms with E-state index in [2.05, 4.69) is 53.3 Å². The van der Waals surface area contributed by atoms with Crippen molar-refractivity contribution in [1.82, 2.24) is 34.1 Å². The number of aliphatic hydroxyl groups is 1. The molecule has 0 amide bonds. The Morgan fingerprint density at radius 1 is 0.929 bits per heavy atom. The van der Waals surface area contributed by atoms with Gasteiger partial charge in [0.2, 0.25) is 0 Å². The van der Waals surface area contributed by atoms with Crippen molar-refractivity contribution in [2.75, 3.05) is 45.1 Å². The van der Waals surface area contributed by atoms with Crippen LogP contribution in [-0.4, -0.2) is 84.6 Å². The van der Waals surface area contributed by atoms with Gasteiger partial charge in [0.25, 0.3) is 0 Å². The van der Waals surface area contributed by atoms with Gasteiger partial charge in [0.1, 0.15) is 23.7 Å². The van der Waals surface area contributed by atoms with Crippen LogP contribution >= 0.6 is 0 Å². The van der Waals surface area contributed by atoms with E-state index in [4.69, 9.17) is 10.8 Å². The van der Waals surface area contributed by atoms with Gasteiger partial charge in [-0.15, -0.1) is 0 Å². The van der Waals surface area contributed by atoms with E-state index in [1.807, 2.05) is 18.3 Å². The third kappa shape index (κ3) is 5.04. The van der Waals surface area contributed by atoms with Crippen LogP contribution in [0.15, 0.2) is 61.1 Å². The summed E-state index contributed by atoms with van der Waals surface area (Å²) in [6.07, 6.45) is 7.87. The Kier molecular flexibility index (Phi) is 7.35. The number of rotatable bonds is 7. The number of hydrogen-bond acceptors (Lipinski definition) is 7. The van der Waals surface area contributed by atoms with Crippen LogP contribution in [0.1, 0.15) is 37.3 Å². The minimum atomic E-state index is -0.196. The molecule has 0 bridgehead atoms. The lowest BCUT2D eigenvalue weighted by Gasteiger charge is -2.41. The van der Waals surface area contributed by atoms with Crippen LogP contribution in [0.2, 0.25) is 0 Å². The average Bonchev–Trinajstić information content (AvgIpc) is 3.61. The molecule has 1 aliphatic heterocycles.